The highest BCUT2D eigenvalue weighted by atomic mass is 35.5. The van der Waals surface area contributed by atoms with E-state index in [0.717, 1.165) is 0 Å². The molecule has 0 aliphatic rings. The standard InChI is InChI=1S/C7H8ClF/c1-2-3-4-5-7(8)6-9/h2-5H,1,6H2/b4-3-,7-5+. The average molecular weight is 147 g/mol. The molecular formula is C7H8ClF. The monoisotopic (exact) mass is 146 g/mol. The van der Waals surface area contributed by atoms with Gasteiger partial charge in [-0.25, -0.2) is 4.39 Å². The van der Waals surface area contributed by atoms with Crippen LogP contribution in [0.2, 0.25) is 0 Å². The second kappa shape index (κ2) is 5.57. The van der Waals surface area contributed by atoms with Crippen molar-refractivity contribution in [3.05, 3.63) is 35.9 Å². The molecule has 0 heterocycles. The van der Waals surface area contributed by atoms with Crippen LogP contribution in [0.15, 0.2) is 35.9 Å². The van der Waals surface area contributed by atoms with Gasteiger partial charge in [-0.1, -0.05) is 36.4 Å². The minimum absolute atomic E-state index is 0.202. The van der Waals surface area contributed by atoms with E-state index in [1.54, 1.807) is 18.2 Å². The van der Waals surface area contributed by atoms with E-state index >= 15 is 0 Å². The van der Waals surface area contributed by atoms with Crippen molar-refractivity contribution in [3.8, 4) is 0 Å². The normalized spacial score (nSPS) is 12.4. The maximum Gasteiger partial charge on any atom is 0.125 e. The van der Waals surface area contributed by atoms with Crippen molar-refractivity contribution in [1.29, 1.82) is 0 Å². The molecule has 0 saturated carbocycles. The largest absolute Gasteiger partial charge is 0.245 e. The molecule has 0 unspecified atom stereocenters. The summed E-state index contributed by atoms with van der Waals surface area (Å²) in [6.45, 7) is 2.82. The Kier molecular flexibility index (Phi) is 5.23. The van der Waals surface area contributed by atoms with E-state index in [-0.39, 0.29) is 5.03 Å². The van der Waals surface area contributed by atoms with Crippen LogP contribution in [0.5, 0.6) is 0 Å². The molecule has 2 heteroatoms. The molecule has 0 rings (SSSR count). The molecule has 9 heavy (non-hydrogen) atoms. The zero-order valence-electron chi connectivity index (χ0n) is 4.98. The lowest BCUT2D eigenvalue weighted by Crippen LogP contribution is -1.69. The first-order valence-electron chi connectivity index (χ1n) is 2.51. The van der Waals surface area contributed by atoms with Gasteiger partial charge in [0.25, 0.3) is 0 Å². The summed E-state index contributed by atoms with van der Waals surface area (Å²) in [7, 11) is 0. The van der Waals surface area contributed by atoms with Crippen molar-refractivity contribution >= 4 is 11.6 Å². The van der Waals surface area contributed by atoms with Crippen LogP contribution in [0, 0.1) is 0 Å². The van der Waals surface area contributed by atoms with E-state index in [9.17, 15) is 4.39 Å². The van der Waals surface area contributed by atoms with Gasteiger partial charge in [-0.05, 0) is 6.08 Å². The molecule has 0 aromatic rings. The summed E-state index contributed by atoms with van der Waals surface area (Å²) >= 11 is 5.30. The van der Waals surface area contributed by atoms with Gasteiger partial charge in [0.1, 0.15) is 6.67 Å². The number of hydrogen-bond donors (Lipinski definition) is 0. The van der Waals surface area contributed by atoms with Crippen LogP contribution < -0.4 is 0 Å². The van der Waals surface area contributed by atoms with Gasteiger partial charge in [-0.2, -0.15) is 0 Å². The molecule has 0 amide bonds. The lowest BCUT2D eigenvalue weighted by atomic mass is 10.4. The third-order valence-electron chi connectivity index (χ3n) is 0.652. The molecule has 0 N–H and O–H groups in total. The van der Waals surface area contributed by atoms with E-state index in [0.29, 0.717) is 0 Å². The molecule has 0 spiro atoms. The van der Waals surface area contributed by atoms with Gasteiger partial charge in [-0.3, -0.25) is 0 Å². The van der Waals surface area contributed by atoms with Crippen LogP contribution in [-0.4, -0.2) is 6.67 Å². The average Bonchev–Trinajstić information content (AvgIpc) is 1.89. The highest BCUT2D eigenvalue weighted by Crippen LogP contribution is 2.00. The van der Waals surface area contributed by atoms with E-state index in [4.69, 9.17) is 11.6 Å². The molecule has 0 nitrogen and oxygen atoms in total. The Bertz CT molecular complexity index is 136. The summed E-state index contributed by atoms with van der Waals surface area (Å²) in [5.74, 6) is 0. The van der Waals surface area contributed by atoms with Gasteiger partial charge in [0.2, 0.25) is 0 Å². The number of rotatable bonds is 3. The minimum atomic E-state index is -0.608. The van der Waals surface area contributed by atoms with Gasteiger partial charge < -0.3 is 0 Å². The van der Waals surface area contributed by atoms with Crippen molar-refractivity contribution in [3.63, 3.8) is 0 Å². The van der Waals surface area contributed by atoms with Gasteiger partial charge in [0, 0.05) is 5.03 Å². The Morgan fingerprint density at radius 2 is 2.22 bits per heavy atom. The smallest absolute Gasteiger partial charge is 0.125 e. The molecule has 0 atom stereocenters. The van der Waals surface area contributed by atoms with Gasteiger partial charge >= 0.3 is 0 Å². The molecule has 0 aliphatic heterocycles. The van der Waals surface area contributed by atoms with E-state index in [2.05, 4.69) is 6.58 Å². The zero-order chi connectivity index (χ0) is 7.11. The molecule has 0 aromatic carbocycles. The Morgan fingerprint density at radius 3 is 2.67 bits per heavy atom. The number of alkyl halides is 1. The molecule has 0 aliphatic carbocycles. The van der Waals surface area contributed by atoms with Crippen LogP contribution >= 0.6 is 11.6 Å². The van der Waals surface area contributed by atoms with Crippen LogP contribution in [0.3, 0.4) is 0 Å². The maximum absolute atomic E-state index is 11.6. The summed E-state index contributed by atoms with van der Waals surface area (Å²) in [5, 5.41) is 0.202. The van der Waals surface area contributed by atoms with Crippen molar-refractivity contribution in [1.82, 2.24) is 0 Å². The second-order valence-corrected chi connectivity index (χ2v) is 1.85. The van der Waals surface area contributed by atoms with Crippen molar-refractivity contribution in [2.24, 2.45) is 0 Å². The van der Waals surface area contributed by atoms with Crippen molar-refractivity contribution in [2.75, 3.05) is 6.67 Å². The Hall–Kier alpha value is -0.560. The number of allylic oxidation sites excluding steroid dienone is 5. The SMILES string of the molecule is C=C/C=C\C=C(\Cl)CF. The van der Waals surface area contributed by atoms with Gasteiger partial charge in [-0.15, -0.1) is 0 Å². The van der Waals surface area contributed by atoms with Crippen LogP contribution in [0.4, 0.5) is 4.39 Å². The highest BCUT2D eigenvalue weighted by molar-refractivity contribution is 6.29. The van der Waals surface area contributed by atoms with E-state index in [1.807, 2.05) is 0 Å². The van der Waals surface area contributed by atoms with Gasteiger partial charge in [0.05, 0.1) is 0 Å². The van der Waals surface area contributed by atoms with Crippen molar-refractivity contribution in [2.45, 2.75) is 0 Å². The summed E-state index contributed by atoms with van der Waals surface area (Å²) in [5.41, 5.74) is 0. The topological polar surface area (TPSA) is 0 Å². The third kappa shape index (κ3) is 5.31. The molecular weight excluding hydrogens is 139 g/mol. The molecule has 0 fully saturated rings. The predicted molar refractivity (Wildman–Crippen MR) is 39.2 cm³/mol. The van der Waals surface area contributed by atoms with Crippen LogP contribution in [0.1, 0.15) is 0 Å². The summed E-state index contributed by atoms with van der Waals surface area (Å²) in [6.07, 6.45) is 6.40. The van der Waals surface area contributed by atoms with E-state index in [1.165, 1.54) is 6.08 Å². The molecule has 0 saturated heterocycles. The fraction of sp³-hybridized carbons (Fsp3) is 0.143. The summed E-state index contributed by atoms with van der Waals surface area (Å²) in [4.78, 5) is 0. The van der Waals surface area contributed by atoms with Crippen LogP contribution in [-0.2, 0) is 0 Å². The highest BCUT2D eigenvalue weighted by Gasteiger charge is 1.82. The number of halogens is 2. The first kappa shape index (κ1) is 8.44. The molecule has 0 radical (unpaired) electrons. The first-order chi connectivity index (χ1) is 4.31. The van der Waals surface area contributed by atoms with E-state index < -0.39 is 6.67 Å². The minimum Gasteiger partial charge on any atom is -0.245 e. The Labute approximate surface area is 59.3 Å². The lowest BCUT2D eigenvalue weighted by Gasteiger charge is -1.81. The quantitative estimate of drug-likeness (QED) is 0.537. The molecule has 0 aromatic heterocycles. The number of hydrogen-bond acceptors (Lipinski definition) is 0. The maximum atomic E-state index is 11.6. The van der Waals surface area contributed by atoms with Crippen LogP contribution in [0.25, 0.3) is 0 Å². The molecule has 0 bridgehead atoms. The lowest BCUT2D eigenvalue weighted by molar-refractivity contribution is 0.556. The fourth-order valence-corrected chi connectivity index (χ4v) is 0.356. The molecule has 50 valence electrons. The van der Waals surface area contributed by atoms with Gasteiger partial charge in [0.15, 0.2) is 0 Å². The summed E-state index contributed by atoms with van der Waals surface area (Å²) < 4.78 is 11.6. The Balaban J connectivity index is 3.67. The first-order valence-corrected chi connectivity index (χ1v) is 2.88. The Morgan fingerprint density at radius 1 is 1.56 bits per heavy atom. The zero-order valence-corrected chi connectivity index (χ0v) is 5.74. The fourth-order valence-electron chi connectivity index (χ4n) is 0.283. The van der Waals surface area contributed by atoms with Crippen molar-refractivity contribution < 1.29 is 4.39 Å². The predicted octanol–water partition coefficient (Wildman–Crippen LogP) is 2.82. The third-order valence-corrected chi connectivity index (χ3v) is 0.879. The summed E-state index contributed by atoms with van der Waals surface area (Å²) in [6, 6.07) is 0. The second-order valence-electron chi connectivity index (χ2n) is 1.37.